The largest absolute Gasteiger partial charge is 0.459 e. The van der Waals surface area contributed by atoms with E-state index in [4.69, 9.17) is 13.9 Å². The molecule has 1 aliphatic rings. The van der Waals surface area contributed by atoms with Gasteiger partial charge in [-0.1, -0.05) is 19.1 Å². The minimum atomic E-state index is -0.560. The van der Waals surface area contributed by atoms with E-state index in [2.05, 4.69) is 4.99 Å². The Morgan fingerprint density at radius 3 is 2.92 bits per heavy atom. The number of rotatable bonds is 5. The van der Waals surface area contributed by atoms with Gasteiger partial charge >= 0.3 is 11.9 Å². The molecule has 0 N–H and O–H groups in total. The summed E-state index contributed by atoms with van der Waals surface area (Å²) < 4.78 is 15.5. The van der Waals surface area contributed by atoms with Crippen LogP contribution >= 0.6 is 0 Å². The highest BCUT2D eigenvalue weighted by molar-refractivity contribution is 6.11. The number of benzene rings is 1. The van der Waals surface area contributed by atoms with Crippen molar-refractivity contribution in [2.24, 2.45) is 4.99 Å². The molecule has 0 saturated carbocycles. The van der Waals surface area contributed by atoms with Gasteiger partial charge in [0, 0.05) is 6.42 Å². The number of esters is 2. The molecule has 2 aromatic rings. The Morgan fingerprint density at radius 1 is 1.29 bits per heavy atom. The molecule has 6 heteroatoms. The molecular weight excluding hydrogens is 310 g/mol. The summed E-state index contributed by atoms with van der Waals surface area (Å²) in [5, 5.41) is 0. The van der Waals surface area contributed by atoms with Gasteiger partial charge in [-0.05, 0) is 42.3 Å². The minimum Gasteiger partial charge on any atom is -0.459 e. The Hall–Kier alpha value is -3.15. The maximum Gasteiger partial charge on any atom is 0.363 e. The Balaban J connectivity index is 1.81. The van der Waals surface area contributed by atoms with Crippen molar-refractivity contribution in [3.8, 4) is 5.75 Å². The number of nitrogens with zero attached hydrogens (tertiary/aromatic N) is 1. The summed E-state index contributed by atoms with van der Waals surface area (Å²) in [6.07, 6.45) is 4.12. The van der Waals surface area contributed by atoms with Gasteiger partial charge in [-0.3, -0.25) is 4.79 Å². The normalized spacial score (nSPS) is 15.3. The fourth-order valence-electron chi connectivity index (χ4n) is 2.13. The molecule has 1 aliphatic heterocycles. The Labute approximate surface area is 138 Å². The second-order valence-electron chi connectivity index (χ2n) is 5.11. The molecule has 3 rings (SSSR count). The number of carbonyl (C=O) groups is 2. The van der Waals surface area contributed by atoms with Crippen LogP contribution in [0.5, 0.6) is 5.75 Å². The molecule has 0 fully saturated rings. The lowest BCUT2D eigenvalue weighted by Gasteiger charge is -2.04. The van der Waals surface area contributed by atoms with E-state index in [0.29, 0.717) is 23.5 Å². The zero-order valence-corrected chi connectivity index (χ0v) is 13.0. The summed E-state index contributed by atoms with van der Waals surface area (Å²) in [5.41, 5.74) is 0.826. The van der Waals surface area contributed by atoms with Crippen molar-refractivity contribution >= 4 is 23.9 Å². The van der Waals surface area contributed by atoms with E-state index >= 15 is 0 Å². The van der Waals surface area contributed by atoms with Crippen LogP contribution in [0.2, 0.25) is 0 Å². The zero-order valence-electron chi connectivity index (χ0n) is 13.0. The quantitative estimate of drug-likeness (QED) is 0.479. The average molecular weight is 325 g/mol. The predicted octanol–water partition coefficient (Wildman–Crippen LogP) is 3.33. The van der Waals surface area contributed by atoms with Gasteiger partial charge in [0.05, 0.1) is 6.26 Å². The van der Waals surface area contributed by atoms with Gasteiger partial charge < -0.3 is 13.9 Å². The molecule has 0 atom stereocenters. The number of cyclic esters (lactones) is 1. The molecule has 122 valence electrons. The summed E-state index contributed by atoms with van der Waals surface area (Å²) in [4.78, 5) is 27.6. The first kappa shape index (κ1) is 15.7. The van der Waals surface area contributed by atoms with Crippen molar-refractivity contribution in [3.63, 3.8) is 0 Å². The topological polar surface area (TPSA) is 78.1 Å². The smallest absolute Gasteiger partial charge is 0.363 e. The highest BCUT2D eigenvalue weighted by Gasteiger charge is 2.25. The second-order valence-corrected chi connectivity index (χ2v) is 5.11. The van der Waals surface area contributed by atoms with Crippen molar-refractivity contribution < 1.29 is 23.5 Å². The Morgan fingerprint density at radius 2 is 2.17 bits per heavy atom. The summed E-state index contributed by atoms with van der Waals surface area (Å²) in [7, 11) is 0. The van der Waals surface area contributed by atoms with Crippen LogP contribution in [0.1, 0.15) is 31.1 Å². The maximum absolute atomic E-state index is 11.9. The molecule has 2 heterocycles. The number of ether oxygens (including phenoxy) is 2. The Bertz CT molecular complexity index is 818. The first-order valence-corrected chi connectivity index (χ1v) is 7.53. The number of hydrogen-bond acceptors (Lipinski definition) is 6. The van der Waals surface area contributed by atoms with E-state index in [-0.39, 0.29) is 17.6 Å². The average Bonchev–Trinajstić information content (AvgIpc) is 3.18. The van der Waals surface area contributed by atoms with Crippen molar-refractivity contribution in [1.29, 1.82) is 0 Å². The van der Waals surface area contributed by atoms with Crippen LogP contribution in [0.4, 0.5) is 0 Å². The van der Waals surface area contributed by atoms with E-state index in [0.717, 1.165) is 6.42 Å². The number of furan rings is 1. The van der Waals surface area contributed by atoms with Crippen molar-refractivity contribution in [3.05, 3.63) is 59.7 Å². The third-order valence-electron chi connectivity index (χ3n) is 3.20. The number of hydrogen-bond donors (Lipinski definition) is 0. The van der Waals surface area contributed by atoms with Gasteiger partial charge in [-0.15, -0.1) is 0 Å². The predicted molar refractivity (Wildman–Crippen MR) is 86.3 cm³/mol. The first-order valence-electron chi connectivity index (χ1n) is 7.53. The van der Waals surface area contributed by atoms with E-state index in [1.165, 1.54) is 6.26 Å². The molecule has 24 heavy (non-hydrogen) atoms. The highest BCUT2D eigenvalue weighted by atomic mass is 16.6. The van der Waals surface area contributed by atoms with Crippen molar-refractivity contribution in [2.75, 3.05) is 0 Å². The van der Waals surface area contributed by atoms with Crippen LogP contribution in [0.3, 0.4) is 0 Å². The molecular formula is C18H15NO5. The molecule has 0 saturated heterocycles. The molecule has 0 aliphatic carbocycles. The molecule has 0 spiro atoms. The van der Waals surface area contributed by atoms with Gasteiger partial charge in [0.25, 0.3) is 5.90 Å². The van der Waals surface area contributed by atoms with Gasteiger partial charge in [-0.2, -0.15) is 0 Å². The van der Waals surface area contributed by atoms with E-state index in [1.807, 2.05) is 6.92 Å². The lowest BCUT2D eigenvalue weighted by Crippen LogP contribution is -2.06. The van der Waals surface area contributed by atoms with Gasteiger partial charge in [-0.25, -0.2) is 9.79 Å². The van der Waals surface area contributed by atoms with Crippen LogP contribution in [-0.4, -0.2) is 17.8 Å². The van der Waals surface area contributed by atoms with Gasteiger partial charge in [0.1, 0.15) is 5.75 Å². The molecule has 1 aromatic carbocycles. The third kappa shape index (κ3) is 3.60. The molecule has 0 bridgehead atoms. The standard InChI is InChI=1S/C18H15NO5/c1-2-5-16(20)23-13-7-3-6-12(10-13)11-14-18(21)24-17(19-14)15-8-4-9-22-15/h3-4,6-11H,2,5H2,1H3/b14-11-. The van der Waals surface area contributed by atoms with Crippen LogP contribution in [-0.2, 0) is 14.3 Å². The second kappa shape index (κ2) is 6.95. The van der Waals surface area contributed by atoms with Crippen molar-refractivity contribution in [1.82, 2.24) is 0 Å². The lowest BCUT2D eigenvalue weighted by atomic mass is 10.2. The molecule has 6 nitrogen and oxygen atoms in total. The van der Waals surface area contributed by atoms with E-state index < -0.39 is 5.97 Å². The molecule has 1 aromatic heterocycles. The maximum atomic E-state index is 11.9. The monoisotopic (exact) mass is 325 g/mol. The van der Waals surface area contributed by atoms with Gasteiger partial charge in [0.2, 0.25) is 0 Å². The summed E-state index contributed by atoms with van der Waals surface area (Å²) in [6, 6.07) is 10.2. The minimum absolute atomic E-state index is 0.127. The number of carbonyl (C=O) groups excluding carboxylic acids is 2. The summed E-state index contributed by atoms with van der Waals surface area (Å²) in [5.74, 6) is 0.0793. The van der Waals surface area contributed by atoms with Crippen LogP contribution in [0, 0.1) is 0 Å². The fourth-order valence-corrected chi connectivity index (χ4v) is 2.13. The number of aliphatic imine (C=N–C) groups is 1. The Kier molecular flexibility index (Phi) is 4.56. The first-order chi connectivity index (χ1) is 11.7. The summed E-state index contributed by atoms with van der Waals surface area (Å²) >= 11 is 0. The lowest BCUT2D eigenvalue weighted by molar-refractivity contribution is -0.134. The van der Waals surface area contributed by atoms with Crippen LogP contribution in [0.15, 0.2) is 57.8 Å². The van der Waals surface area contributed by atoms with Crippen LogP contribution in [0.25, 0.3) is 6.08 Å². The van der Waals surface area contributed by atoms with E-state index in [9.17, 15) is 9.59 Å². The fraction of sp³-hybridized carbons (Fsp3) is 0.167. The van der Waals surface area contributed by atoms with E-state index in [1.54, 1.807) is 42.5 Å². The highest BCUT2D eigenvalue weighted by Crippen LogP contribution is 2.21. The third-order valence-corrected chi connectivity index (χ3v) is 3.20. The molecule has 0 unspecified atom stereocenters. The van der Waals surface area contributed by atoms with Crippen LogP contribution < -0.4 is 4.74 Å². The molecule has 0 amide bonds. The van der Waals surface area contributed by atoms with Crippen molar-refractivity contribution in [2.45, 2.75) is 19.8 Å². The summed E-state index contributed by atoms with van der Waals surface area (Å²) in [6.45, 7) is 1.91. The van der Waals surface area contributed by atoms with Gasteiger partial charge in [0.15, 0.2) is 11.5 Å². The molecule has 0 radical (unpaired) electrons. The zero-order chi connectivity index (χ0) is 16.9. The SMILES string of the molecule is CCCC(=O)Oc1cccc(/C=C2\N=C(c3ccco3)OC2=O)c1.